The number of nitrogens with one attached hydrogen (secondary N) is 1. The van der Waals surface area contributed by atoms with Gasteiger partial charge in [0.15, 0.2) is 0 Å². The first-order valence-electron chi connectivity index (χ1n) is 6.07. The minimum absolute atomic E-state index is 0.250. The van der Waals surface area contributed by atoms with Gasteiger partial charge in [-0.3, -0.25) is 0 Å². The minimum Gasteiger partial charge on any atom is -0.494 e. The number of amides is 1. The van der Waals surface area contributed by atoms with Gasteiger partial charge in [0.1, 0.15) is 5.75 Å². The molecule has 0 heterocycles. The Morgan fingerprint density at radius 3 is 2.44 bits per heavy atom. The number of ether oxygens (including phenoxy) is 2. The molecule has 1 aromatic rings. The van der Waals surface area contributed by atoms with Crippen molar-refractivity contribution in [2.24, 2.45) is 5.73 Å². The van der Waals surface area contributed by atoms with Crippen LogP contribution in [0.2, 0.25) is 0 Å². The first kappa shape index (κ1) is 14.3. The first-order valence-corrected chi connectivity index (χ1v) is 6.07. The molecule has 5 heteroatoms. The van der Waals surface area contributed by atoms with Gasteiger partial charge in [-0.25, -0.2) is 4.79 Å². The van der Waals surface area contributed by atoms with E-state index < -0.39 is 6.09 Å². The number of carbonyl (C=O) groups excluding carboxylic acids is 1. The molecule has 1 atom stereocenters. The summed E-state index contributed by atoms with van der Waals surface area (Å²) >= 11 is 0. The van der Waals surface area contributed by atoms with Gasteiger partial charge in [-0.05, 0) is 31.5 Å². The van der Waals surface area contributed by atoms with E-state index >= 15 is 0 Å². The summed E-state index contributed by atoms with van der Waals surface area (Å²) in [5.74, 6) is 0.799. The van der Waals surface area contributed by atoms with Gasteiger partial charge < -0.3 is 20.5 Å². The van der Waals surface area contributed by atoms with E-state index in [1.807, 2.05) is 31.2 Å². The van der Waals surface area contributed by atoms with E-state index in [-0.39, 0.29) is 6.04 Å². The number of nitrogens with two attached hydrogens (primary N) is 1. The van der Waals surface area contributed by atoms with Crippen molar-refractivity contribution >= 4 is 6.09 Å². The number of hydrogen-bond acceptors (Lipinski definition) is 4. The first-order chi connectivity index (χ1) is 8.71. The maximum absolute atomic E-state index is 11.3. The van der Waals surface area contributed by atoms with Crippen LogP contribution in [0, 0.1) is 0 Å². The molecule has 0 aromatic heterocycles. The van der Waals surface area contributed by atoms with Crippen molar-refractivity contribution in [3.05, 3.63) is 29.8 Å². The quantitative estimate of drug-likeness (QED) is 0.810. The summed E-state index contributed by atoms with van der Waals surface area (Å²) in [6.07, 6.45) is -0.457. The van der Waals surface area contributed by atoms with E-state index in [1.165, 1.54) is 0 Å². The zero-order chi connectivity index (χ0) is 13.4. The molecular formula is C13H20N2O3. The predicted octanol–water partition coefficient (Wildman–Crippen LogP) is 1.83. The molecule has 0 radical (unpaired) electrons. The molecule has 0 aliphatic rings. The normalized spacial score (nSPS) is 11.7. The maximum Gasteiger partial charge on any atom is 0.407 e. The van der Waals surface area contributed by atoms with Crippen LogP contribution in [-0.4, -0.2) is 25.9 Å². The second-order valence-corrected chi connectivity index (χ2v) is 3.66. The SMILES string of the molecule is CCOC(=O)NC(CN)c1ccc(OCC)cc1. The van der Waals surface area contributed by atoms with Crippen LogP contribution in [0.3, 0.4) is 0 Å². The van der Waals surface area contributed by atoms with E-state index in [0.717, 1.165) is 11.3 Å². The van der Waals surface area contributed by atoms with Crippen molar-refractivity contribution < 1.29 is 14.3 Å². The lowest BCUT2D eigenvalue weighted by atomic mass is 10.1. The molecule has 0 saturated carbocycles. The second-order valence-electron chi connectivity index (χ2n) is 3.66. The van der Waals surface area contributed by atoms with Gasteiger partial charge in [-0.15, -0.1) is 0 Å². The summed E-state index contributed by atoms with van der Waals surface area (Å²) in [5.41, 5.74) is 6.57. The largest absolute Gasteiger partial charge is 0.494 e. The van der Waals surface area contributed by atoms with Crippen LogP contribution < -0.4 is 15.8 Å². The van der Waals surface area contributed by atoms with E-state index in [2.05, 4.69) is 5.32 Å². The summed E-state index contributed by atoms with van der Waals surface area (Å²) in [6, 6.07) is 7.23. The smallest absolute Gasteiger partial charge is 0.407 e. The number of rotatable bonds is 6. The van der Waals surface area contributed by atoms with Crippen LogP contribution in [0.15, 0.2) is 24.3 Å². The van der Waals surface area contributed by atoms with Crippen LogP contribution >= 0.6 is 0 Å². The highest BCUT2D eigenvalue weighted by atomic mass is 16.5. The van der Waals surface area contributed by atoms with Crippen LogP contribution in [0.4, 0.5) is 4.79 Å². The van der Waals surface area contributed by atoms with Crippen LogP contribution in [0.25, 0.3) is 0 Å². The molecule has 1 unspecified atom stereocenters. The second kappa shape index (κ2) is 7.55. The molecule has 0 fully saturated rings. The summed E-state index contributed by atoms with van der Waals surface area (Å²) in [6.45, 7) is 4.97. The zero-order valence-corrected chi connectivity index (χ0v) is 10.8. The van der Waals surface area contributed by atoms with Gasteiger partial charge in [0.25, 0.3) is 0 Å². The van der Waals surface area contributed by atoms with Crippen molar-refractivity contribution in [3.8, 4) is 5.75 Å². The number of carbonyl (C=O) groups is 1. The van der Waals surface area contributed by atoms with Gasteiger partial charge in [0.05, 0.1) is 19.3 Å². The van der Waals surface area contributed by atoms with Crippen molar-refractivity contribution in [1.29, 1.82) is 0 Å². The summed E-state index contributed by atoms with van der Waals surface area (Å²) in [5, 5.41) is 2.71. The van der Waals surface area contributed by atoms with Crippen molar-refractivity contribution in [3.63, 3.8) is 0 Å². The Labute approximate surface area is 107 Å². The van der Waals surface area contributed by atoms with Gasteiger partial charge in [-0.2, -0.15) is 0 Å². The van der Waals surface area contributed by atoms with Crippen molar-refractivity contribution in [2.45, 2.75) is 19.9 Å². The lowest BCUT2D eigenvalue weighted by Gasteiger charge is -2.17. The molecule has 0 bridgehead atoms. The number of alkyl carbamates (subject to hydrolysis) is 1. The summed E-state index contributed by atoms with van der Waals surface area (Å²) < 4.78 is 10.2. The van der Waals surface area contributed by atoms with Gasteiger partial charge in [-0.1, -0.05) is 12.1 Å². The highest BCUT2D eigenvalue weighted by Gasteiger charge is 2.13. The third-order valence-electron chi connectivity index (χ3n) is 2.40. The molecule has 1 aromatic carbocycles. The molecule has 0 saturated heterocycles. The molecule has 0 spiro atoms. The summed E-state index contributed by atoms with van der Waals surface area (Å²) in [4.78, 5) is 11.3. The Morgan fingerprint density at radius 2 is 1.94 bits per heavy atom. The Kier molecular flexibility index (Phi) is 6.00. The van der Waals surface area contributed by atoms with Gasteiger partial charge in [0, 0.05) is 6.54 Å². The number of hydrogen-bond donors (Lipinski definition) is 2. The molecule has 0 aliphatic heterocycles. The van der Waals surface area contributed by atoms with Crippen molar-refractivity contribution in [2.75, 3.05) is 19.8 Å². The third-order valence-corrected chi connectivity index (χ3v) is 2.40. The molecule has 1 rings (SSSR count). The Balaban J connectivity index is 2.66. The lowest BCUT2D eigenvalue weighted by Crippen LogP contribution is -2.33. The molecule has 1 amide bonds. The maximum atomic E-state index is 11.3. The van der Waals surface area contributed by atoms with E-state index in [1.54, 1.807) is 6.92 Å². The van der Waals surface area contributed by atoms with Gasteiger partial charge in [0.2, 0.25) is 0 Å². The molecule has 5 nitrogen and oxygen atoms in total. The average molecular weight is 252 g/mol. The van der Waals surface area contributed by atoms with Crippen LogP contribution in [-0.2, 0) is 4.74 Å². The highest BCUT2D eigenvalue weighted by Crippen LogP contribution is 2.17. The minimum atomic E-state index is -0.457. The Bertz CT molecular complexity index is 365. The highest BCUT2D eigenvalue weighted by molar-refractivity contribution is 5.67. The van der Waals surface area contributed by atoms with Gasteiger partial charge >= 0.3 is 6.09 Å². The lowest BCUT2D eigenvalue weighted by molar-refractivity contribution is 0.148. The topological polar surface area (TPSA) is 73.6 Å². The monoisotopic (exact) mass is 252 g/mol. The molecule has 100 valence electrons. The third kappa shape index (κ3) is 4.25. The standard InChI is InChI=1S/C13H20N2O3/c1-3-17-11-7-5-10(6-8-11)12(9-14)15-13(16)18-4-2/h5-8,12H,3-4,9,14H2,1-2H3,(H,15,16). The fraction of sp³-hybridized carbons (Fsp3) is 0.462. The Morgan fingerprint density at radius 1 is 1.28 bits per heavy atom. The van der Waals surface area contributed by atoms with E-state index in [9.17, 15) is 4.79 Å². The fourth-order valence-electron chi connectivity index (χ4n) is 1.56. The zero-order valence-electron chi connectivity index (χ0n) is 10.8. The van der Waals surface area contributed by atoms with E-state index in [4.69, 9.17) is 15.2 Å². The fourth-order valence-corrected chi connectivity index (χ4v) is 1.56. The van der Waals surface area contributed by atoms with Crippen LogP contribution in [0.5, 0.6) is 5.75 Å². The summed E-state index contributed by atoms with van der Waals surface area (Å²) in [7, 11) is 0. The Hall–Kier alpha value is -1.75. The average Bonchev–Trinajstić information content (AvgIpc) is 2.38. The molecular weight excluding hydrogens is 232 g/mol. The molecule has 3 N–H and O–H groups in total. The number of benzene rings is 1. The van der Waals surface area contributed by atoms with Crippen molar-refractivity contribution in [1.82, 2.24) is 5.32 Å². The predicted molar refractivity (Wildman–Crippen MR) is 69.6 cm³/mol. The molecule has 18 heavy (non-hydrogen) atoms. The molecule has 0 aliphatic carbocycles. The van der Waals surface area contributed by atoms with E-state index in [0.29, 0.717) is 19.8 Å². The van der Waals surface area contributed by atoms with Crippen LogP contribution in [0.1, 0.15) is 25.5 Å².